The quantitative estimate of drug-likeness (QED) is 0.497. The summed E-state index contributed by atoms with van der Waals surface area (Å²) in [5.41, 5.74) is 0.150. The molecule has 0 saturated carbocycles. The second kappa shape index (κ2) is 3.05. The zero-order chi connectivity index (χ0) is 9.35. The lowest BCUT2D eigenvalue weighted by molar-refractivity contribution is -0.142. The Labute approximate surface area is 73.5 Å². The summed E-state index contributed by atoms with van der Waals surface area (Å²) in [5, 5.41) is 3.12. The van der Waals surface area contributed by atoms with E-state index in [0.717, 1.165) is 0 Å². The molecule has 1 rings (SSSR count). The van der Waals surface area contributed by atoms with Gasteiger partial charge in [-0.05, 0) is 12.3 Å². The fourth-order valence-corrected chi connectivity index (χ4v) is 1.32. The van der Waals surface area contributed by atoms with E-state index in [2.05, 4.69) is 26.1 Å². The summed E-state index contributed by atoms with van der Waals surface area (Å²) in [6.45, 7) is 8.64. The largest absolute Gasteiger partial charge is 0.465 e. The molecule has 0 aromatic carbocycles. The van der Waals surface area contributed by atoms with Crippen LogP contribution in [0.2, 0.25) is 0 Å². The Morgan fingerprint density at radius 2 is 2.08 bits per heavy atom. The van der Waals surface area contributed by atoms with E-state index in [1.165, 1.54) is 0 Å². The molecule has 0 spiro atoms. The fraction of sp³-hybridized carbons (Fsp3) is 0.889. The number of hydrogen-bond acceptors (Lipinski definition) is 3. The van der Waals surface area contributed by atoms with E-state index in [1.807, 2.05) is 6.92 Å². The SMILES string of the molecule is CCOC(=O)C1NC1C(C)(C)C. The highest BCUT2D eigenvalue weighted by atomic mass is 16.5. The normalized spacial score (nSPS) is 28.3. The van der Waals surface area contributed by atoms with Crippen molar-refractivity contribution in [3.8, 4) is 0 Å². The maximum Gasteiger partial charge on any atom is 0.324 e. The van der Waals surface area contributed by atoms with Gasteiger partial charge in [-0.3, -0.25) is 10.1 Å². The molecule has 3 nitrogen and oxygen atoms in total. The Morgan fingerprint density at radius 3 is 2.42 bits per heavy atom. The molecular formula is C9H17NO2. The van der Waals surface area contributed by atoms with Gasteiger partial charge in [0.1, 0.15) is 6.04 Å². The highest BCUT2D eigenvalue weighted by Gasteiger charge is 2.49. The van der Waals surface area contributed by atoms with Crippen molar-refractivity contribution in [1.82, 2.24) is 5.32 Å². The number of carbonyl (C=O) groups is 1. The van der Waals surface area contributed by atoms with Gasteiger partial charge in [0.2, 0.25) is 0 Å². The molecule has 1 aliphatic rings. The molecule has 0 radical (unpaired) electrons. The average molecular weight is 171 g/mol. The molecule has 1 N–H and O–H groups in total. The van der Waals surface area contributed by atoms with Gasteiger partial charge < -0.3 is 4.74 Å². The molecule has 70 valence electrons. The number of esters is 1. The van der Waals surface area contributed by atoms with Crippen molar-refractivity contribution < 1.29 is 9.53 Å². The van der Waals surface area contributed by atoms with Crippen molar-refractivity contribution in [2.24, 2.45) is 5.41 Å². The van der Waals surface area contributed by atoms with Crippen LogP contribution in [0.25, 0.3) is 0 Å². The third-order valence-electron chi connectivity index (χ3n) is 2.06. The third-order valence-corrected chi connectivity index (χ3v) is 2.06. The van der Waals surface area contributed by atoms with E-state index in [9.17, 15) is 4.79 Å². The van der Waals surface area contributed by atoms with Gasteiger partial charge in [0.25, 0.3) is 0 Å². The Kier molecular flexibility index (Phi) is 2.42. The lowest BCUT2D eigenvalue weighted by Crippen LogP contribution is -2.22. The highest BCUT2D eigenvalue weighted by Crippen LogP contribution is 2.31. The number of rotatable bonds is 2. The summed E-state index contributed by atoms with van der Waals surface area (Å²) in [6.07, 6.45) is 0. The molecule has 3 heteroatoms. The van der Waals surface area contributed by atoms with Crippen LogP contribution in [0, 0.1) is 5.41 Å². The molecule has 1 saturated heterocycles. The first-order valence-corrected chi connectivity index (χ1v) is 4.39. The maximum atomic E-state index is 11.2. The van der Waals surface area contributed by atoms with E-state index < -0.39 is 0 Å². The van der Waals surface area contributed by atoms with Gasteiger partial charge in [-0.25, -0.2) is 0 Å². The van der Waals surface area contributed by atoms with Crippen LogP contribution in [-0.4, -0.2) is 24.7 Å². The van der Waals surface area contributed by atoms with Crippen LogP contribution >= 0.6 is 0 Å². The first-order chi connectivity index (χ1) is 5.46. The lowest BCUT2D eigenvalue weighted by atomic mass is 9.90. The second-order valence-corrected chi connectivity index (χ2v) is 4.24. The van der Waals surface area contributed by atoms with Gasteiger partial charge in [-0.1, -0.05) is 20.8 Å². The van der Waals surface area contributed by atoms with Crippen LogP contribution in [0.5, 0.6) is 0 Å². The van der Waals surface area contributed by atoms with E-state index in [4.69, 9.17) is 4.74 Å². The minimum Gasteiger partial charge on any atom is -0.465 e. The fourth-order valence-electron chi connectivity index (χ4n) is 1.32. The van der Waals surface area contributed by atoms with Crippen molar-refractivity contribution in [2.45, 2.75) is 39.8 Å². The Morgan fingerprint density at radius 1 is 1.50 bits per heavy atom. The van der Waals surface area contributed by atoms with Crippen LogP contribution < -0.4 is 5.32 Å². The molecule has 12 heavy (non-hydrogen) atoms. The zero-order valence-corrected chi connectivity index (χ0v) is 8.18. The van der Waals surface area contributed by atoms with Gasteiger partial charge in [-0.2, -0.15) is 0 Å². The van der Waals surface area contributed by atoms with Crippen molar-refractivity contribution in [3.05, 3.63) is 0 Å². The summed E-state index contributed by atoms with van der Waals surface area (Å²) >= 11 is 0. The van der Waals surface area contributed by atoms with Gasteiger partial charge in [0.05, 0.1) is 6.61 Å². The summed E-state index contributed by atoms with van der Waals surface area (Å²) in [5.74, 6) is -0.113. The second-order valence-electron chi connectivity index (χ2n) is 4.24. The Bertz CT molecular complexity index is 183. The minimum atomic E-state index is -0.113. The van der Waals surface area contributed by atoms with E-state index in [1.54, 1.807) is 0 Å². The van der Waals surface area contributed by atoms with Crippen molar-refractivity contribution in [3.63, 3.8) is 0 Å². The molecule has 0 aliphatic carbocycles. The molecule has 2 atom stereocenters. The van der Waals surface area contributed by atoms with Crippen LogP contribution in [0.3, 0.4) is 0 Å². The average Bonchev–Trinajstić information content (AvgIpc) is 2.62. The smallest absolute Gasteiger partial charge is 0.324 e. The van der Waals surface area contributed by atoms with Gasteiger partial charge in [-0.15, -0.1) is 0 Å². The summed E-state index contributed by atoms with van der Waals surface area (Å²) in [6, 6.07) is 0.224. The standard InChI is InChI=1S/C9H17NO2/c1-5-12-8(11)6-7(10-6)9(2,3)4/h6-7,10H,5H2,1-4H3. The predicted octanol–water partition coefficient (Wildman–Crippen LogP) is 0.936. The molecule has 2 unspecified atom stereocenters. The van der Waals surface area contributed by atoms with Crippen LogP contribution in [0.4, 0.5) is 0 Å². The minimum absolute atomic E-state index is 0.0649. The summed E-state index contributed by atoms with van der Waals surface area (Å²) in [7, 11) is 0. The van der Waals surface area contributed by atoms with E-state index in [-0.39, 0.29) is 23.5 Å². The van der Waals surface area contributed by atoms with Crippen LogP contribution in [-0.2, 0) is 9.53 Å². The molecule has 1 heterocycles. The van der Waals surface area contributed by atoms with E-state index in [0.29, 0.717) is 6.61 Å². The number of nitrogens with one attached hydrogen (secondary N) is 1. The molecule has 1 aliphatic heterocycles. The van der Waals surface area contributed by atoms with Gasteiger partial charge in [0.15, 0.2) is 0 Å². The monoisotopic (exact) mass is 171 g/mol. The Hall–Kier alpha value is -0.570. The van der Waals surface area contributed by atoms with Crippen molar-refractivity contribution in [2.75, 3.05) is 6.61 Å². The first-order valence-electron chi connectivity index (χ1n) is 4.39. The highest BCUT2D eigenvalue weighted by molar-refractivity contribution is 5.80. The summed E-state index contributed by atoms with van der Waals surface area (Å²) < 4.78 is 4.89. The van der Waals surface area contributed by atoms with Crippen molar-refractivity contribution in [1.29, 1.82) is 0 Å². The van der Waals surface area contributed by atoms with E-state index >= 15 is 0 Å². The maximum absolute atomic E-state index is 11.2. The number of carbonyl (C=O) groups excluding carboxylic acids is 1. The van der Waals surface area contributed by atoms with Gasteiger partial charge >= 0.3 is 5.97 Å². The molecule has 0 aromatic rings. The number of hydrogen-bond donors (Lipinski definition) is 1. The predicted molar refractivity (Wildman–Crippen MR) is 46.8 cm³/mol. The first kappa shape index (κ1) is 9.52. The molecule has 0 bridgehead atoms. The van der Waals surface area contributed by atoms with Gasteiger partial charge in [0, 0.05) is 6.04 Å². The Balaban J connectivity index is 2.37. The zero-order valence-electron chi connectivity index (χ0n) is 8.18. The lowest BCUT2D eigenvalue weighted by Gasteiger charge is -2.15. The van der Waals surface area contributed by atoms with Crippen molar-refractivity contribution >= 4 is 5.97 Å². The molecule has 1 fully saturated rings. The topological polar surface area (TPSA) is 48.2 Å². The van der Waals surface area contributed by atoms with Crippen LogP contribution in [0.1, 0.15) is 27.7 Å². The summed E-state index contributed by atoms with van der Waals surface area (Å²) in [4.78, 5) is 11.2. The molecule has 0 aromatic heterocycles. The number of ether oxygens (including phenoxy) is 1. The molecular weight excluding hydrogens is 154 g/mol. The molecule has 0 amide bonds. The third kappa shape index (κ3) is 1.97. The van der Waals surface area contributed by atoms with Crippen LogP contribution in [0.15, 0.2) is 0 Å².